The van der Waals surface area contributed by atoms with Crippen LogP contribution in [0.2, 0.25) is 0 Å². The molecule has 1 aliphatic rings. The maximum absolute atomic E-state index is 13.6. The van der Waals surface area contributed by atoms with Crippen molar-refractivity contribution < 1.29 is 4.39 Å². The summed E-state index contributed by atoms with van der Waals surface area (Å²) in [5, 5.41) is 1.58. The summed E-state index contributed by atoms with van der Waals surface area (Å²) in [5.74, 6) is 0.458. The molecule has 0 aliphatic heterocycles. The van der Waals surface area contributed by atoms with Crippen LogP contribution < -0.4 is 0 Å². The minimum atomic E-state index is -0.141. The molecular weight excluding hydrogens is 177 g/mol. The van der Waals surface area contributed by atoms with Crippen molar-refractivity contribution in [3.8, 4) is 0 Å². The quantitative estimate of drug-likeness (QED) is 0.667. The molecular formula is C12H10FN. The van der Waals surface area contributed by atoms with Crippen LogP contribution in [0.3, 0.4) is 0 Å². The molecule has 1 heterocycles. The highest BCUT2D eigenvalue weighted by atomic mass is 19.1. The molecule has 14 heavy (non-hydrogen) atoms. The summed E-state index contributed by atoms with van der Waals surface area (Å²) >= 11 is 0. The number of fused-ring (bicyclic) bond motifs is 1. The summed E-state index contributed by atoms with van der Waals surface area (Å²) in [6.45, 7) is 0. The molecule has 1 aromatic carbocycles. The van der Waals surface area contributed by atoms with E-state index in [-0.39, 0.29) is 5.82 Å². The van der Waals surface area contributed by atoms with Crippen molar-refractivity contribution in [3.63, 3.8) is 0 Å². The first-order valence-corrected chi connectivity index (χ1v) is 4.88. The van der Waals surface area contributed by atoms with E-state index in [9.17, 15) is 4.39 Å². The molecule has 70 valence electrons. The first-order valence-electron chi connectivity index (χ1n) is 4.88. The van der Waals surface area contributed by atoms with Gasteiger partial charge in [0.25, 0.3) is 0 Å². The molecule has 1 aromatic heterocycles. The molecule has 1 saturated carbocycles. The van der Waals surface area contributed by atoms with E-state index in [1.807, 2.05) is 6.07 Å². The Labute approximate surface area is 81.6 Å². The van der Waals surface area contributed by atoms with E-state index in [1.165, 1.54) is 12.8 Å². The van der Waals surface area contributed by atoms with E-state index < -0.39 is 0 Å². The molecule has 0 atom stereocenters. The lowest BCUT2D eigenvalue weighted by Crippen LogP contribution is -1.86. The lowest BCUT2D eigenvalue weighted by atomic mass is 10.1. The van der Waals surface area contributed by atoms with Crippen LogP contribution >= 0.6 is 0 Å². The van der Waals surface area contributed by atoms with Crippen molar-refractivity contribution in [1.29, 1.82) is 0 Å². The van der Waals surface area contributed by atoms with E-state index in [0.717, 1.165) is 10.9 Å². The molecule has 1 nitrogen and oxygen atoms in total. The average molecular weight is 187 g/mol. The van der Waals surface area contributed by atoms with Gasteiger partial charge in [-0.1, -0.05) is 6.07 Å². The van der Waals surface area contributed by atoms with Gasteiger partial charge >= 0.3 is 0 Å². The highest BCUT2D eigenvalue weighted by molar-refractivity contribution is 5.82. The van der Waals surface area contributed by atoms with Crippen molar-refractivity contribution in [3.05, 3.63) is 42.0 Å². The molecule has 0 bridgehead atoms. The van der Waals surface area contributed by atoms with E-state index in [2.05, 4.69) is 11.1 Å². The van der Waals surface area contributed by atoms with Crippen LogP contribution in [0.15, 0.2) is 30.6 Å². The van der Waals surface area contributed by atoms with Crippen LogP contribution in [0.5, 0.6) is 0 Å². The number of nitrogens with zero attached hydrogens (tertiary/aromatic N) is 1. The monoisotopic (exact) mass is 187 g/mol. The molecule has 0 spiro atoms. The minimum Gasteiger partial charge on any atom is -0.264 e. The van der Waals surface area contributed by atoms with Crippen molar-refractivity contribution in [1.82, 2.24) is 4.98 Å². The second kappa shape index (κ2) is 2.77. The highest BCUT2D eigenvalue weighted by Gasteiger charge is 2.24. The van der Waals surface area contributed by atoms with Crippen molar-refractivity contribution in [2.75, 3.05) is 0 Å². The molecule has 0 radical (unpaired) electrons. The fourth-order valence-corrected chi connectivity index (χ4v) is 1.83. The smallest absolute Gasteiger partial charge is 0.132 e. The zero-order chi connectivity index (χ0) is 9.54. The Bertz CT molecular complexity index is 489. The Hall–Kier alpha value is -1.44. The maximum Gasteiger partial charge on any atom is 0.132 e. The maximum atomic E-state index is 13.6. The molecule has 2 heteroatoms. The summed E-state index contributed by atoms with van der Waals surface area (Å²) in [5.41, 5.74) is 1.14. The van der Waals surface area contributed by atoms with Gasteiger partial charge in [-0.05, 0) is 41.8 Å². The summed E-state index contributed by atoms with van der Waals surface area (Å²) in [6, 6.07) is 5.60. The molecule has 3 rings (SSSR count). The molecule has 2 aromatic rings. The van der Waals surface area contributed by atoms with Gasteiger partial charge in [0.1, 0.15) is 5.82 Å². The number of pyridine rings is 1. The molecule has 0 unspecified atom stereocenters. The average Bonchev–Trinajstić information content (AvgIpc) is 3.01. The molecule has 0 N–H and O–H groups in total. The largest absolute Gasteiger partial charge is 0.264 e. The topological polar surface area (TPSA) is 12.9 Å². The van der Waals surface area contributed by atoms with Gasteiger partial charge in [-0.15, -0.1) is 0 Å². The predicted molar refractivity (Wildman–Crippen MR) is 53.7 cm³/mol. The summed E-state index contributed by atoms with van der Waals surface area (Å²) < 4.78 is 13.6. The lowest BCUT2D eigenvalue weighted by Gasteiger charge is -2.02. The fourth-order valence-electron chi connectivity index (χ4n) is 1.83. The zero-order valence-corrected chi connectivity index (χ0v) is 7.70. The normalized spacial score (nSPS) is 16.1. The first kappa shape index (κ1) is 7.92. The van der Waals surface area contributed by atoms with Gasteiger partial charge in [0, 0.05) is 17.8 Å². The molecule has 1 fully saturated rings. The third-order valence-electron chi connectivity index (χ3n) is 2.78. The third kappa shape index (κ3) is 1.18. The molecule has 1 aliphatic carbocycles. The number of benzene rings is 1. The Morgan fingerprint density at radius 3 is 2.93 bits per heavy atom. The lowest BCUT2D eigenvalue weighted by molar-refractivity contribution is 0.637. The van der Waals surface area contributed by atoms with Crippen LogP contribution in [0.1, 0.15) is 24.3 Å². The van der Waals surface area contributed by atoms with Crippen molar-refractivity contribution in [2.24, 2.45) is 0 Å². The first-order chi connectivity index (χ1) is 6.84. The summed E-state index contributed by atoms with van der Waals surface area (Å²) in [7, 11) is 0. The fraction of sp³-hybridized carbons (Fsp3) is 0.250. The Balaban J connectivity index is 2.27. The third-order valence-corrected chi connectivity index (χ3v) is 2.78. The number of rotatable bonds is 1. The van der Waals surface area contributed by atoms with Gasteiger partial charge in [-0.2, -0.15) is 0 Å². The van der Waals surface area contributed by atoms with E-state index in [0.29, 0.717) is 11.3 Å². The summed E-state index contributed by atoms with van der Waals surface area (Å²) in [6.07, 6.45) is 5.70. The van der Waals surface area contributed by atoms with E-state index in [1.54, 1.807) is 18.5 Å². The van der Waals surface area contributed by atoms with Gasteiger partial charge in [-0.3, -0.25) is 4.98 Å². The van der Waals surface area contributed by atoms with Crippen molar-refractivity contribution in [2.45, 2.75) is 18.8 Å². The van der Waals surface area contributed by atoms with Crippen LogP contribution in [0.4, 0.5) is 4.39 Å². The SMILES string of the molecule is Fc1cc(C2CC2)cc2ccncc12. The van der Waals surface area contributed by atoms with Gasteiger partial charge in [0.05, 0.1) is 0 Å². The van der Waals surface area contributed by atoms with Crippen LogP contribution in [0, 0.1) is 5.82 Å². The Kier molecular flexibility index (Phi) is 1.57. The molecule has 0 amide bonds. The zero-order valence-electron chi connectivity index (χ0n) is 7.70. The Morgan fingerprint density at radius 2 is 2.14 bits per heavy atom. The minimum absolute atomic E-state index is 0.141. The van der Waals surface area contributed by atoms with Gasteiger partial charge < -0.3 is 0 Å². The van der Waals surface area contributed by atoms with Gasteiger partial charge in [-0.25, -0.2) is 4.39 Å². The van der Waals surface area contributed by atoms with Crippen LogP contribution in [-0.4, -0.2) is 4.98 Å². The number of hydrogen-bond donors (Lipinski definition) is 0. The standard InChI is InChI=1S/C12H10FN/c13-12-6-10(8-1-2-8)5-9-3-4-14-7-11(9)12/h3-8H,1-2H2. The second-order valence-corrected chi connectivity index (χ2v) is 3.87. The van der Waals surface area contributed by atoms with Crippen LogP contribution in [-0.2, 0) is 0 Å². The Morgan fingerprint density at radius 1 is 1.29 bits per heavy atom. The van der Waals surface area contributed by atoms with Crippen molar-refractivity contribution >= 4 is 10.8 Å². The van der Waals surface area contributed by atoms with Gasteiger partial charge in [0.15, 0.2) is 0 Å². The van der Waals surface area contributed by atoms with Gasteiger partial charge in [0.2, 0.25) is 0 Å². The van der Waals surface area contributed by atoms with E-state index >= 15 is 0 Å². The highest BCUT2D eigenvalue weighted by Crippen LogP contribution is 2.41. The second-order valence-electron chi connectivity index (χ2n) is 3.87. The predicted octanol–water partition coefficient (Wildman–Crippen LogP) is 3.25. The number of aromatic nitrogens is 1. The van der Waals surface area contributed by atoms with Crippen LogP contribution in [0.25, 0.3) is 10.8 Å². The number of halogens is 1. The number of hydrogen-bond acceptors (Lipinski definition) is 1. The van der Waals surface area contributed by atoms with E-state index in [4.69, 9.17) is 0 Å². The molecule has 0 saturated heterocycles. The summed E-state index contributed by atoms with van der Waals surface area (Å²) in [4.78, 5) is 3.92.